The highest BCUT2D eigenvalue weighted by Crippen LogP contribution is 2.29. The first-order chi connectivity index (χ1) is 14.7. The molecule has 0 spiro atoms. The van der Waals surface area contributed by atoms with Gasteiger partial charge in [-0.25, -0.2) is 0 Å². The summed E-state index contributed by atoms with van der Waals surface area (Å²) in [6.07, 6.45) is 0. The van der Waals surface area contributed by atoms with E-state index >= 15 is 0 Å². The van der Waals surface area contributed by atoms with Gasteiger partial charge in [0, 0.05) is 11.1 Å². The van der Waals surface area contributed by atoms with Crippen LogP contribution in [0.15, 0.2) is 72.8 Å². The molecule has 0 saturated heterocycles. The molecule has 0 atom stereocenters. The van der Waals surface area contributed by atoms with E-state index < -0.39 is 0 Å². The van der Waals surface area contributed by atoms with Crippen molar-refractivity contribution >= 4 is 22.3 Å². The van der Waals surface area contributed by atoms with Gasteiger partial charge in [0.05, 0.1) is 11.0 Å². The molecule has 0 fully saturated rings. The van der Waals surface area contributed by atoms with E-state index in [4.69, 9.17) is 0 Å². The Morgan fingerprint density at radius 3 is 1.73 bits per heavy atom. The molecule has 0 N–H and O–H groups in total. The van der Waals surface area contributed by atoms with E-state index in [0.29, 0.717) is 11.3 Å². The summed E-state index contributed by atoms with van der Waals surface area (Å²) in [6.45, 7) is 4.16. The molecule has 0 aliphatic heterocycles. The van der Waals surface area contributed by atoms with Crippen LogP contribution in [0.3, 0.4) is 0 Å². The quantitative estimate of drug-likeness (QED) is 0.423. The number of benzene rings is 3. The van der Waals surface area contributed by atoms with Gasteiger partial charge in [-0.15, -0.1) is 20.4 Å². The second-order valence-electron chi connectivity index (χ2n) is 7.59. The molecule has 3 aromatic carbocycles. The van der Waals surface area contributed by atoms with Crippen molar-refractivity contribution in [1.82, 2.24) is 29.2 Å². The Hall–Kier alpha value is -4.06. The van der Waals surface area contributed by atoms with Crippen LogP contribution in [0, 0.1) is 13.8 Å². The molecule has 0 bridgehead atoms. The van der Waals surface area contributed by atoms with Crippen LogP contribution >= 0.6 is 0 Å². The zero-order valence-electron chi connectivity index (χ0n) is 16.6. The van der Waals surface area contributed by atoms with E-state index in [-0.39, 0.29) is 0 Å². The lowest BCUT2D eigenvalue weighted by Crippen LogP contribution is -2.00. The Morgan fingerprint density at radius 1 is 0.533 bits per heavy atom. The fourth-order valence-corrected chi connectivity index (χ4v) is 4.02. The number of aromatic nitrogens is 6. The van der Waals surface area contributed by atoms with Crippen LogP contribution < -0.4 is 0 Å². The standard InChI is InChI=1S/C24H18N6/c1-15-10-12-17(13-11-15)21-25-27-23-24-28-26-22(18-7-5-6-16(2)14-18)30(24)20-9-4-3-8-19(20)29(21)23/h3-14H,1-2H3. The fraction of sp³-hybridized carbons (Fsp3) is 0.0833. The smallest absolute Gasteiger partial charge is 0.207 e. The first-order valence-electron chi connectivity index (χ1n) is 9.86. The lowest BCUT2D eigenvalue weighted by Gasteiger charge is -2.09. The number of hydrogen-bond acceptors (Lipinski definition) is 4. The minimum Gasteiger partial charge on any atom is -0.270 e. The molecule has 0 aliphatic rings. The molecule has 144 valence electrons. The Labute approximate surface area is 172 Å². The van der Waals surface area contributed by atoms with Crippen LogP contribution in [0.5, 0.6) is 0 Å². The normalized spacial score (nSPS) is 11.7. The molecule has 0 unspecified atom stereocenters. The molecule has 3 heterocycles. The Balaban J connectivity index is 1.75. The summed E-state index contributed by atoms with van der Waals surface area (Å²) < 4.78 is 4.15. The molecule has 6 nitrogen and oxygen atoms in total. The minimum absolute atomic E-state index is 0.690. The third-order valence-electron chi connectivity index (χ3n) is 5.48. The van der Waals surface area contributed by atoms with Crippen LogP contribution in [-0.2, 0) is 0 Å². The van der Waals surface area contributed by atoms with Gasteiger partial charge >= 0.3 is 0 Å². The van der Waals surface area contributed by atoms with E-state index in [1.807, 2.05) is 18.2 Å². The Bertz CT molecular complexity index is 1560. The van der Waals surface area contributed by atoms with Gasteiger partial charge in [-0.2, -0.15) is 0 Å². The molecule has 6 rings (SSSR count). The van der Waals surface area contributed by atoms with Crippen LogP contribution in [0.1, 0.15) is 11.1 Å². The molecule has 0 amide bonds. The maximum atomic E-state index is 4.53. The highest BCUT2D eigenvalue weighted by Gasteiger charge is 2.20. The molecule has 6 heteroatoms. The number of rotatable bonds is 2. The number of para-hydroxylation sites is 2. The van der Waals surface area contributed by atoms with Gasteiger partial charge in [-0.05, 0) is 32.0 Å². The van der Waals surface area contributed by atoms with Gasteiger partial charge in [-0.3, -0.25) is 8.80 Å². The second kappa shape index (κ2) is 6.22. The highest BCUT2D eigenvalue weighted by atomic mass is 15.3. The van der Waals surface area contributed by atoms with E-state index in [1.165, 1.54) is 11.1 Å². The van der Waals surface area contributed by atoms with Crippen molar-refractivity contribution in [3.8, 4) is 22.8 Å². The van der Waals surface area contributed by atoms with E-state index in [0.717, 1.165) is 33.8 Å². The molecule has 0 aliphatic carbocycles. The van der Waals surface area contributed by atoms with Crippen molar-refractivity contribution in [2.24, 2.45) is 0 Å². The topological polar surface area (TPSA) is 60.4 Å². The highest BCUT2D eigenvalue weighted by molar-refractivity contribution is 5.89. The Kier molecular flexibility index (Phi) is 3.49. The molecular formula is C24H18N6. The summed E-state index contributed by atoms with van der Waals surface area (Å²) in [5.41, 5.74) is 7.82. The summed E-state index contributed by atoms with van der Waals surface area (Å²) >= 11 is 0. The number of fused-ring (bicyclic) bond motifs is 6. The molecule has 0 saturated carbocycles. The summed E-state index contributed by atoms with van der Waals surface area (Å²) in [5, 5.41) is 18.1. The predicted octanol–water partition coefficient (Wildman–Crippen LogP) is 4.88. The molecule has 30 heavy (non-hydrogen) atoms. The third kappa shape index (κ3) is 2.37. The van der Waals surface area contributed by atoms with Crippen molar-refractivity contribution in [3.05, 3.63) is 83.9 Å². The first kappa shape index (κ1) is 16.9. The average molecular weight is 390 g/mol. The summed E-state index contributed by atoms with van der Waals surface area (Å²) in [4.78, 5) is 0. The van der Waals surface area contributed by atoms with E-state index in [9.17, 15) is 0 Å². The molecule has 3 aromatic heterocycles. The SMILES string of the molecule is Cc1ccc(-c2nnc3c4nnc(-c5cccc(C)c5)n4c4ccccc4n23)cc1. The summed E-state index contributed by atoms with van der Waals surface area (Å²) in [7, 11) is 0. The van der Waals surface area contributed by atoms with Crippen molar-refractivity contribution < 1.29 is 0 Å². The predicted molar refractivity (Wildman–Crippen MR) is 117 cm³/mol. The van der Waals surface area contributed by atoms with Gasteiger partial charge in [-0.1, -0.05) is 65.7 Å². The minimum atomic E-state index is 0.690. The summed E-state index contributed by atoms with van der Waals surface area (Å²) in [5.74, 6) is 1.59. The largest absolute Gasteiger partial charge is 0.270 e. The van der Waals surface area contributed by atoms with Gasteiger partial charge in [0.2, 0.25) is 11.3 Å². The van der Waals surface area contributed by atoms with Crippen LogP contribution in [0.2, 0.25) is 0 Å². The van der Waals surface area contributed by atoms with E-state index in [1.54, 1.807) is 0 Å². The van der Waals surface area contributed by atoms with Gasteiger partial charge < -0.3 is 0 Å². The monoisotopic (exact) mass is 390 g/mol. The number of hydrogen-bond donors (Lipinski definition) is 0. The number of nitrogens with zero attached hydrogens (tertiary/aromatic N) is 6. The van der Waals surface area contributed by atoms with Crippen molar-refractivity contribution in [2.45, 2.75) is 13.8 Å². The third-order valence-corrected chi connectivity index (χ3v) is 5.48. The van der Waals surface area contributed by atoms with Crippen LogP contribution in [0.4, 0.5) is 0 Å². The van der Waals surface area contributed by atoms with Crippen LogP contribution in [0.25, 0.3) is 45.1 Å². The first-order valence-corrected chi connectivity index (χ1v) is 9.86. The maximum absolute atomic E-state index is 4.53. The van der Waals surface area contributed by atoms with Crippen molar-refractivity contribution in [1.29, 1.82) is 0 Å². The molecular weight excluding hydrogens is 372 g/mol. The summed E-state index contributed by atoms with van der Waals surface area (Å²) in [6, 6.07) is 24.9. The van der Waals surface area contributed by atoms with Crippen LogP contribution in [-0.4, -0.2) is 29.2 Å². The van der Waals surface area contributed by atoms with Gasteiger partial charge in [0.25, 0.3) is 0 Å². The zero-order chi connectivity index (χ0) is 20.2. The fourth-order valence-electron chi connectivity index (χ4n) is 4.02. The molecule has 6 aromatic rings. The van der Waals surface area contributed by atoms with Crippen molar-refractivity contribution in [3.63, 3.8) is 0 Å². The lowest BCUT2D eigenvalue weighted by molar-refractivity contribution is 1.10. The zero-order valence-corrected chi connectivity index (χ0v) is 16.6. The van der Waals surface area contributed by atoms with Gasteiger partial charge in [0.1, 0.15) is 0 Å². The van der Waals surface area contributed by atoms with Crippen molar-refractivity contribution in [2.75, 3.05) is 0 Å². The average Bonchev–Trinajstić information content (AvgIpc) is 3.39. The second-order valence-corrected chi connectivity index (χ2v) is 7.59. The number of aryl methyl sites for hydroxylation is 2. The van der Waals surface area contributed by atoms with E-state index in [2.05, 4.69) is 97.6 Å². The maximum Gasteiger partial charge on any atom is 0.207 e. The molecule has 0 radical (unpaired) electrons. The lowest BCUT2D eigenvalue weighted by atomic mass is 10.1. The Morgan fingerprint density at radius 2 is 1.13 bits per heavy atom. The van der Waals surface area contributed by atoms with Gasteiger partial charge in [0.15, 0.2) is 11.6 Å².